The molecule has 4 nitrogen and oxygen atoms in total. The Morgan fingerprint density at radius 1 is 1.14 bits per heavy atom. The molecule has 2 rings (SSSR count). The molecule has 0 amide bonds. The van der Waals surface area contributed by atoms with Crippen LogP contribution in [0.15, 0.2) is 0 Å². The van der Waals surface area contributed by atoms with E-state index in [2.05, 4.69) is 34.6 Å². The van der Waals surface area contributed by atoms with E-state index in [9.17, 15) is 0 Å². The van der Waals surface area contributed by atoms with Gasteiger partial charge >= 0.3 is 7.12 Å². The third-order valence-corrected chi connectivity index (χ3v) is 5.54. The number of methoxy groups -OCH3 is 1. The molecule has 1 heterocycles. The molecular weight excluding hydrogens is 290 g/mol. The highest BCUT2D eigenvalue weighted by atomic mass is 35.5. The van der Waals surface area contributed by atoms with Crippen molar-refractivity contribution in [3.63, 3.8) is 0 Å². The maximum atomic E-state index is 6.37. The average molecular weight is 319 g/mol. The predicted molar refractivity (Wildman–Crippen MR) is 84.6 cm³/mol. The summed E-state index contributed by atoms with van der Waals surface area (Å²) in [6.07, 6.45) is 1.78. The van der Waals surface area contributed by atoms with Crippen molar-refractivity contribution in [3.8, 4) is 0 Å². The van der Waals surface area contributed by atoms with Crippen LogP contribution >= 0.6 is 11.6 Å². The molecule has 1 saturated heterocycles. The lowest BCUT2D eigenvalue weighted by atomic mass is 9.58. The molecule has 2 unspecified atom stereocenters. The van der Waals surface area contributed by atoms with Gasteiger partial charge in [0, 0.05) is 18.3 Å². The third kappa shape index (κ3) is 3.58. The molecular formula is C15H28BClO4. The standard InChI is InChI=1S/C15H28BClO4/c1-10-7-11(17)8-12(19-9-18-6)13(10)16-20-14(2,3)15(4,5)21-16/h10-13H,7-9H2,1-6H3/t10-,11?,12?,13+/m1/s1. The number of ether oxygens (including phenoxy) is 2. The van der Waals surface area contributed by atoms with E-state index < -0.39 is 0 Å². The van der Waals surface area contributed by atoms with Crippen LogP contribution in [0.4, 0.5) is 0 Å². The van der Waals surface area contributed by atoms with Gasteiger partial charge in [-0.15, -0.1) is 11.6 Å². The molecule has 6 heteroatoms. The zero-order chi connectivity index (χ0) is 15.8. The molecule has 4 atom stereocenters. The van der Waals surface area contributed by atoms with Crippen LogP contribution in [0.2, 0.25) is 5.82 Å². The van der Waals surface area contributed by atoms with Gasteiger partial charge < -0.3 is 18.8 Å². The van der Waals surface area contributed by atoms with Crippen LogP contribution in [0.25, 0.3) is 0 Å². The van der Waals surface area contributed by atoms with Gasteiger partial charge in [-0.2, -0.15) is 0 Å². The Morgan fingerprint density at radius 3 is 2.24 bits per heavy atom. The van der Waals surface area contributed by atoms with Crippen molar-refractivity contribution in [3.05, 3.63) is 0 Å². The average Bonchev–Trinajstić information content (AvgIpc) is 2.54. The molecule has 122 valence electrons. The Kier molecular flexibility index (Phi) is 5.32. The normalized spacial score (nSPS) is 38.7. The van der Waals surface area contributed by atoms with Crippen molar-refractivity contribution >= 4 is 18.7 Å². The van der Waals surface area contributed by atoms with Crippen LogP contribution in [-0.2, 0) is 18.8 Å². The first-order valence-electron chi connectivity index (χ1n) is 7.78. The van der Waals surface area contributed by atoms with E-state index in [4.69, 9.17) is 30.4 Å². The molecule has 0 aromatic carbocycles. The van der Waals surface area contributed by atoms with Crippen LogP contribution in [-0.4, -0.2) is 43.7 Å². The van der Waals surface area contributed by atoms with E-state index >= 15 is 0 Å². The van der Waals surface area contributed by atoms with E-state index in [0.29, 0.717) is 5.92 Å². The second-order valence-electron chi connectivity index (χ2n) is 7.36. The minimum Gasteiger partial charge on any atom is -0.403 e. The molecule has 0 aromatic rings. The largest absolute Gasteiger partial charge is 0.464 e. The topological polar surface area (TPSA) is 36.9 Å². The molecule has 0 bridgehead atoms. The molecule has 21 heavy (non-hydrogen) atoms. The van der Waals surface area contributed by atoms with Crippen molar-refractivity contribution in [2.75, 3.05) is 13.9 Å². The second kappa shape index (κ2) is 6.36. The predicted octanol–water partition coefficient (Wildman–Crippen LogP) is 3.48. The molecule has 0 N–H and O–H groups in total. The summed E-state index contributed by atoms with van der Waals surface area (Å²) in [6.45, 7) is 10.8. The summed E-state index contributed by atoms with van der Waals surface area (Å²) in [6, 6.07) is 0. The summed E-state index contributed by atoms with van der Waals surface area (Å²) in [5, 5.41) is 0.139. The zero-order valence-corrected chi connectivity index (χ0v) is 14.8. The molecule has 1 aliphatic carbocycles. The first kappa shape index (κ1) is 17.5. The fourth-order valence-electron chi connectivity index (χ4n) is 3.26. The lowest BCUT2D eigenvalue weighted by Gasteiger charge is -2.39. The minimum atomic E-state index is -0.318. The van der Waals surface area contributed by atoms with Gasteiger partial charge in [-0.05, 0) is 46.5 Å². The monoisotopic (exact) mass is 318 g/mol. The Bertz CT molecular complexity index is 348. The summed E-state index contributed by atoms with van der Waals surface area (Å²) < 4.78 is 23.4. The molecule has 0 radical (unpaired) electrons. The summed E-state index contributed by atoms with van der Waals surface area (Å²) in [5.74, 6) is 0.564. The van der Waals surface area contributed by atoms with Gasteiger partial charge in [-0.1, -0.05) is 6.92 Å². The van der Waals surface area contributed by atoms with Crippen molar-refractivity contribution in [2.45, 2.75) is 76.0 Å². The van der Waals surface area contributed by atoms with E-state index in [1.807, 2.05) is 0 Å². The maximum absolute atomic E-state index is 6.37. The quantitative estimate of drug-likeness (QED) is 0.452. The Labute approximate surface area is 133 Å². The van der Waals surface area contributed by atoms with Crippen molar-refractivity contribution < 1.29 is 18.8 Å². The Morgan fingerprint density at radius 2 is 1.71 bits per heavy atom. The SMILES string of the molecule is COCOC1CC(Cl)C[C@@H](C)[C@@H]1B1OC(C)(C)C(C)(C)O1. The van der Waals surface area contributed by atoms with Gasteiger partial charge in [0.05, 0.1) is 17.3 Å². The van der Waals surface area contributed by atoms with Gasteiger partial charge in [-0.25, -0.2) is 0 Å². The molecule has 2 fully saturated rings. The van der Waals surface area contributed by atoms with Gasteiger partial charge in [0.1, 0.15) is 6.79 Å². The fraction of sp³-hybridized carbons (Fsp3) is 1.00. The summed E-state index contributed by atoms with van der Waals surface area (Å²) in [7, 11) is 1.38. The first-order chi connectivity index (χ1) is 9.68. The van der Waals surface area contributed by atoms with Crippen LogP contribution in [0.5, 0.6) is 0 Å². The highest BCUT2D eigenvalue weighted by Crippen LogP contribution is 2.47. The van der Waals surface area contributed by atoms with Crippen LogP contribution < -0.4 is 0 Å². The number of hydrogen-bond acceptors (Lipinski definition) is 4. The Hall–Kier alpha value is 0.195. The van der Waals surface area contributed by atoms with Crippen LogP contribution in [0, 0.1) is 5.92 Å². The number of rotatable bonds is 4. The van der Waals surface area contributed by atoms with Gasteiger partial charge in [0.15, 0.2) is 0 Å². The van der Waals surface area contributed by atoms with E-state index in [0.717, 1.165) is 12.8 Å². The molecule has 1 aliphatic heterocycles. The van der Waals surface area contributed by atoms with Crippen LogP contribution in [0.3, 0.4) is 0 Å². The van der Waals surface area contributed by atoms with Gasteiger partial charge in [0.2, 0.25) is 0 Å². The van der Waals surface area contributed by atoms with Gasteiger partial charge in [-0.3, -0.25) is 0 Å². The summed E-state index contributed by atoms with van der Waals surface area (Å²) in [4.78, 5) is 0. The van der Waals surface area contributed by atoms with Crippen LogP contribution in [0.1, 0.15) is 47.5 Å². The number of halogens is 1. The minimum absolute atomic E-state index is 0.00546. The molecule has 0 spiro atoms. The van der Waals surface area contributed by atoms with E-state index in [1.165, 1.54) is 0 Å². The highest BCUT2D eigenvalue weighted by molar-refractivity contribution is 6.48. The third-order valence-electron chi connectivity index (χ3n) is 5.19. The second-order valence-corrected chi connectivity index (χ2v) is 7.98. The zero-order valence-electron chi connectivity index (χ0n) is 14.0. The van der Waals surface area contributed by atoms with Crippen molar-refractivity contribution in [1.29, 1.82) is 0 Å². The molecule has 1 saturated carbocycles. The van der Waals surface area contributed by atoms with E-state index in [-0.39, 0.29) is 42.4 Å². The number of alkyl halides is 1. The van der Waals surface area contributed by atoms with Crippen molar-refractivity contribution in [1.82, 2.24) is 0 Å². The molecule has 2 aliphatic rings. The fourth-order valence-corrected chi connectivity index (χ4v) is 3.71. The highest BCUT2D eigenvalue weighted by Gasteiger charge is 2.57. The van der Waals surface area contributed by atoms with E-state index in [1.54, 1.807) is 7.11 Å². The first-order valence-corrected chi connectivity index (χ1v) is 8.22. The van der Waals surface area contributed by atoms with Crippen molar-refractivity contribution in [2.24, 2.45) is 5.92 Å². The summed E-state index contributed by atoms with van der Waals surface area (Å²) >= 11 is 6.37. The maximum Gasteiger partial charge on any atom is 0.464 e. The summed E-state index contributed by atoms with van der Waals surface area (Å²) in [5.41, 5.74) is -0.637. The Balaban J connectivity index is 2.14. The lowest BCUT2D eigenvalue weighted by molar-refractivity contribution is -0.0899. The number of hydrogen-bond donors (Lipinski definition) is 0. The molecule has 0 aromatic heterocycles. The smallest absolute Gasteiger partial charge is 0.403 e. The van der Waals surface area contributed by atoms with Gasteiger partial charge in [0.25, 0.3) is 0 Å². The lowest BCUT2D eigenvalue weighted by Crippen LogP contribution is -2.44.